The van der Waals surface area contributed by atoms with Gasteiger partial charge in [-0.1, -0.05) is 6.92 Å². The van der Waals surface area contributed by atoms with Gasteiger partial charge in [-0.25, -0.2) is 17.2 Å². The molecule has 1 rings (SSSR count). The summed E-state index contributed by atoms with van der Waals surface area (Å²) in [5, 5.41) is 8.79. The van der Waals surface area contributed by atoms with Crippen LogP contribution in [0.3, 0.4) is 0 Å². The van der Waals surface area contributed by atoms with Crippen LogP contribution in [0, 0.1) is 11.3 Å². The average Bonchev–Trinajstić information content (AvgIpc) is 2.25. The van der Waals surface area contributed by atoms with Crippen molar-refractivity contribution in [3.8, 4) is 6.07 Å². The lowest BCUT2D eigenvalue weighted by Gasteiger charge is -2.09. The van der Waals surface area contributed by atoms with Crippen LogP contribution in [0.25, 0.3) is 0 Å². The molecule has 0 spiro atoms. The number of nitriles is 1. The van der Waals surface area contributed by atoms with Gasteiger partial charge in [0.05, 0.1) is 5.56 Å². The van der Waals surface area contributed by atoms with Crippen LogP contribution in [-0.2, 0) is 15.5 Å². The van der Waals surface area contributed by atoms with Crippen molar-refractivity contribution < 1.29 is 17.2 Å². The zero-order chi connectivity index (χ0) is 13.2. The minimum Gasteiger partial charge on any atom is -0.207 e. The van der Waals surface area contributed by atoms with E-state index in [1.165, 1.54) is 0 Å². The number of halogens is 3. The summed E-state index contributed by atoms with van der Waals surface area (Å²) in [6, 6.07) is 3.48. The van der Waals surface area contributed by atoms with Gasteiger partial charge in [-0.15, -0.1) is 0 Å². The Morgan fingerprint density at radius 1 is 1.47 bits per heavy atom. The highest BCUT2D eigenvalue weighted by Crippen LogP contribution is 2.30. The van der Waals surface area contributed by atoms with E-state index in [4.69, 9.17) is 15.9 Å². The fourth-order valence-corrected chi connectivity index (χ4v) is 2.90. The first-order valence-electron chi connectivity index (χ1n) is 4.61. The smallest absolute Gasteiger partial charge is 0.207 e. The normalized spacial score (nSPS) is 11.5. The van der Waals surface area contributed by atoms with Crippen LogP contribution in [0.15, 0.2) is 17.0 Å². The molecule has 0 radical (unpaired) electrons. The molecule has 0 amide bonds. The zero-order valence-corrected chi connectivity index (χ0v) is 10.3. The SMILES string of the molecule is CCc1cc(C(F)F)cc(C#N)c1S(=O)(=O)Cl. The van der Waals surface area contributed by atoms with Gasteiger partial charge in [-0.3, -0.25) is 0 Å². The van der Waals surface area contributed by atoms with Crippen molar-refractivity contribution in [2.75, 3.05) is 0 Å². The Kier molecular flexibility index (Phi) is 4.07. The highest BCUT2D eigenvalue weighted by Gasteiger charge is 2.22. The van der Waals surface area contributed by atoms with E-state index in [1.54, 1.807) is 13.0 Å². The van der Waals surface area contributed by atoms with Crippen molar-refractivity contribution in [1.29, 1.82) is 5.26 Å². The Labute approximate surface area is 102 Å². The Morgan fingerprint density at radius 3 is 2.41 bits per heavy atom. The van der Waals surface area contributed by atoms with Gasteiger partial charge in [0, 0.05) is 16.2 Å². The fourth-order valence-electron chi connectivity index (χ4n) is 1.47. The number of aryl methyl sites for hydroxylation is 1. The van der Waals surface area contributed by atoms with Crippen LogP contribution in [0.2, 0.25) is 0 Å². The molecule has 0 aliphatic rings. The first-order valence-corrected chi connectivity index (χ1v) is 6.92. The molecule has 0 aliphatic heterocycles. The standard InChI is InChI=1S/C10H8ClF2NO2S/c1-2-6-3-7(10(12)13)4-8(5-14)9(6)17(11,15)16/h3-4,10H,2H2,1H3. The Morgan fingerprint density at radius 2 is 2.06 bits per heavy atom. The molecule has 1 aromatic carbocycles. The van der Waals surface area contributed by atoms with Crippen molar-refractivity contribution in [3.63, 3.8) is 0 Å². The Balaban J connectivity index is 3.67. The van der Waals surface area contributed by atoms with Crippen molar-refractivity contribution in [2.24, 2.45) is 0 Å². The first kappa shape index (κ1) is 13.9. The minimum absolute atomic E-state index is 0.120. The lowest BCUT2D eigenvalue weighted by Crippen LogP contribution is -2.03. The Bertz CT molecular complexity index is 579. The molecule has 0 N–H and O–H groups in total. The van der Waals surface area contributed by atoms with E-state index in [9.17, 15) is 17.2 Å². The second kappa shape index (κ2) is 4.98. The highest BCUT2D eigenvalue weighted by molar-refractivity contribution is 8.13. The summed E-state index contributed by atoms with van der Waals surface area (Å²) in [6.45, 7) is 1.59. The molecule has 0 aromatic heterocycles. The van der Waals surface area contributed by atoms with E-state index in [0.29, 0.717) is 0 Å². The molecular weight excluding hydrogens is 272 g/mol. The molecule has 3 nitrogen and oxygen atoms in total. The summed E-state index contributed by atoms with van der Waals surface area (Å²) in [4.78, 5) is -0.381. The van der Waals surface area contributed by atoms with E-state index in [2.05, 4.69) is 0 Å². The number of rotatable bonds is 3. The quantitative estimate of drug-likeness (QED) is 0.799. The molecule has 7 heteroatoms. The molecule has 0 aliphatic carbocycles. The van der Waals surface area contributed by atoms with Gasteiger partial charge in [0.1, 0.15) is 11.0 Å². The van der Waals surface area contributed by atoms with Gasteiger partial charge >= 0.3 is 0 Å². The maximum Gasteiger partial charge on any atom is 0.263 e. The maximum absolute atomic E-state index is 12.5. The number of benzene rings is 1. The van der Waals surface area contributed by atoms with Crippen LogP contribution in [-0.4, -0.2) is 8.42 Å². The van der Waals surface area contributed by atoms with Gasteiger partial charge < -0.3 is 0 Å². The van der Waals surface area contributed by atoms with Gasteiger partial charge in [-0.05, 0) is 24.1 Å². The molecule has 0 atom stereocenters. The number of nitrogens with zero attached hydrogens (tertiary/aromatic N) is 1. The van der Waals surface area contributed by atoms with Gasteiger partial charge in [0.25, 0.3) is 15.5 Å². The minimum atomic E-state index is -4.13. The van der Waals surface area contributed by atoms with Crippen LogP contribution in [0.5, 0.6) is 0 Å². The third-order valence-corrected chi connectivity index (χ3v) is 3.62. The van der Waals surface area contributed by atoms with E-state index in [1.807, 2.05) is 0 Å². The number of alkyl halides is 2. The summed E-state index contributed by atoms with van der Waals surface area (Å²) in [7, 11) is 1.07. The van der Waals surface area contributed by atoms with Crippen LogP contribution in [0.1, 0.15) is 30.0 Å². The molecule has 0 saturated carbocycles. The van der Waals surface area contributed by atoms with Crippen LogP contribution in [0.4, 0.5) is 8.78 Å². The molecule has 92 valence electrons. The van der Waals surface area contributed by atoms with Crippen molar-refractivity contribution >= 4 is 19.7 Å². The third-order valence-electron chi connectivity index (χ3n) is 2.19. The summed E-state index contributed by atoms with van der Waals surface area (Å²) < 4.78 is 47.7. The summed E-state index contributed by atoms with van der Waals surface area (Å²) in [5.41, 5.74) is -0.619. The molecule has 0 fully saturated rings. The van der Waals surface area contributed by atoms with Gasteiger partial charge in [0.2, 0.25) is 0 Å². The van der Waals surface area contributed by atoms with Gasteiger partial charge in [-0.2, -0.15) is 5.26 Å². The monoisotopic (exact) mass is 279 g/mol. The third kappa shape index (κ3) is 2.93. The molecule has 1 aromatic rings. The Hall–Kier alpha value is -1.19. The largest absolute Gasteiger partial charge is 0.263 e. The van der Waals surface area contributed by atoms with E-state index >= 15 is 0 Å². The predicted octanol–water partition coefficient (Wildman–Crippen LogP) is 2.99. The second-order valence-corrected chi connectivity index (χ2v) is 5.76. The predicted molar refractivity (Wildman–Crippen MR) is 58.5 cm³/mol. The average molecular weight is 280 g/mol. The van der Waals surface area contributed by atoms with E-state index in [-0.39, 0.29) is 28.0 Å². The van der Waals surface area contributed by atoms with Crippen LogP contribution < -0.4 is 0 Å². The topological polar surface area (TPSA) is 57.9 Å². The second-order valence-electron chi connectivity index (χ2n) is 3.26. The summed E-state index contributed by atoms with van der Waals surface area (Å²) >= 11 is 0. The molecule has 0 bridgehead atoms. The van der Waals surface area contributed by atoms with Crippen molar-refractivity contribution in [3.05, 3.63) is 28.8 Å². The van der Waals surface area contributed by atoms with Gasteiger partial charge in [0.15, 0.2) is 0 Å². The number of hydrogen-bond donors (Lipinski definition) is 0. The fraction of sp³-hybridized carbons (Fsp3) is 0.300. The number of hydrogen-bond acceptors (Lipinski definition) is 3. The summed E-state index contributed by atoms with van der Waals surface area (Å²) in [6.07, 6.45) is -2.57. The molecule has 0 saturated heterocycles. The van der Waals surface area contributed by atoms with E-state index in [0.717, 1.165) is 12.1 Å². The molecule has 0 unspecified atom stereocenters. The van der Waals surface area contributed by atoms with Crippen LogP contribution >= 0.6 is 10.7 Å². The van der Waals surface area contributed by atoms with Crippen molar-refractivity contribution in [2.45, 2.75) is 24.7 Å². The first-order chi connectivity index (χ1) is 7.81. The molecule has 0 heterocycles. The maximum atomic E-state index is 12.5. The van der Waals surface area contributed by atoms with Crippen molar-refractivity contribution in [1.82, 2.24) is 0 Å². The van der Waals surface area contributed by atoms with E-state index < -0.39 is 15.5 Å². The lowest BCUT2D eigenvalue weighted by atomic mass is 10.0. The highest BCUT2D eigenvalue weighted by atomic mass is 35.7. The summed E-state index contributed by atoms with van der Waals surface area (Å²) in [5.74, 6) is 0. The zero-order valence-electron chi connectivity index (χ0n) is 8.75. The lowest BCUT2D eigenvalue weighted by molar-refractivity contribution is 0.151. The molecular formula is C10H8ClF2NO2S. The molecule has 17 heavy (non-hydrogen) atoms.